The summed E-state index contributed by atoms with van der Waals surface area (Å²) in [7, 11) is 0. The lowest BCUT2D eigenvalue weighted by atomic mass is 10.2. The van der Waals surface area contributed by atoms with E-state index in [1.54, 1.807) is 21.5 Å². The minimum atomic E-state index is 0.0140. The van der Waals surface area contributed by atoms with E-state index in [2.05, 4.69) is 10.2 Å². The molecule has 3 rings (SSSR count). The molecular weight excluding hydrogens is 230 g/mol. The lowest BCUT2D eigenvalue weighted by Crippen LogP contribution is -2.07. The van der Waals surface area contributed by atoms with Crippen LogP contribution in [0.25, 0.3) is 16.8 Å². The van der Waals surface area contributed by atoms with Crippen LogP contribution in [0.15, 0.2) is 36.7 Å². The molecule has 3 N–H and O–H groups in total. The Hall–Kier alpha value is -2.34. The summed E-state index contributed by atoms with van der Waals surface area (Å²) in [4.78, 5) is 0. The van der Waals surface area contributed by atoms with Gasteiger partial charge in [0, 0.05) is 17.8 Å². The number of aliphatic hydroxyl groups is 1. The summed E-state index contributed by atoms with van der Waals surface area (Å²) in [6, 6.07) is 7.64. The van der Waals surface area contributed by atoms with Gasteiger partial charge in [0.1, 0.15) is 5.82 Å². The first-order chi connectivity index (χ1) is 8.79. The van der Waals surface area contributed by atoms with Crippen molar-refractivity contribution in [2.45, 2.75) is 6.54 Å². The van der Waals surface area contributed by atoms with E-state index >= 15 is 0 Å². The molecule has 6 heteroatoms. The summed E-state index contributed by atoms with van der Waals surface area (Å²) in [5.41, 5.74) is 8.51. The van der Waals surface area contributed by atoms with E-state index in [9.17, 15) is 0 Å². The number of rotatable bonds is 3. The monoisotopic (exact) mass is 243 g/mol. The van der Waals surface area contributed by atoms with Gasteiger partial charge in [-0.05, 0) is 12.1 Å². The number of aliphatic hydroxyl groups excluding tert-OH is 1. The Kier molecular flexibility index (Phi) is 2.49. The van der Waals surface area contributed by atoms with Gasteiger partial charge in [0.05, 0.1) is 30.6 Å². The maximum atomic E-state index is 8.92. The highest BCUT2D eigenvalue weighted by Gasteiger charge is 2.11. The zero-order valence-corrected chi connectivity index (χ0v) is 9.69. The number of pyridine rings is 1. The number of nitrogens with two attached hydrogens (primary N) is 1. The lowest BCUT2D eigenvalue weighted by Gasteiger charge is -1.98. The molecular formula is C12H13N5O. The van der Waals surface area contributed by atoms with Crippen molar-refractivity contribution in [1.82, 2.24) is 19.4 Å². The molecule has 0 radical (unpaired) electrons. The Morgan fingerprint density at radius 1 is 1.33 bits per heavy atom. The van der Waals surface area contributed by atoms with Gasteiger partial charge < -0.3 is 10.8 Å². The van der Waals surface area contributed by atoms with E-state index in [1.165, 1.54) is 0 Å². The fraction of sp³-hybridized carbons (Fsp3) is 0.167. The molecule has 18 heavy (non-hydrogen) atoms. The summed E-state index contributed by atoms with van der Waals surface area (Å²) in [6.07, 6.45) is 3.65. The van der Waals surface area contributed by atoms with Crippen LogP contribution in [0.5, 0.6) is 0 Å². The Bertz CT molecular complexity index is 685. The molecule has 0 saturated carbocycles. The summed E-state index contributed by atoms with van der Waals surface area (Å²) >= 11 is 0. The molecule has 0 amide bonds. The topological polar surface area (TPSA) is 81.4 Å². The van der Waals surface area contributed by atoms with Gasteiger partial charge in [0.25, 0.3) is 0 Å². The predicted octanol–water partition coefficient (Wildman–Crippen LogP) is 0.772. The first-order valence-electron chi connectivity index (χ1n) is 5.66. The Morgan fingerprint density at radius 3 is 3.06 bits per heavy atom. The molecule has 3 aromatic rings. The van der Waals surface area contributed by atoms with Crippen LogP contribution in [0.4, 0.5) is 5.82 Å². The smallest absolute Gasteiger partial charge is 0.122 e. The van der Waals surface area contributed by atoms with E-state index in [1.807, 2.05) is 24.4 Å². The Labute approximate surface area is 103 Å². The minimum absolute atomic E-state index is 0.0140. The van der Waals surface area contributed by atoms with Gasteiger partial charge in [-0.1, -0.05) is 6.07 Å². The molecule has 3 heterocycles. The van der Waals surface area contributed by atoms with Crippen molar-refractivity contribution in [3.8, 4) is 11.3 Å². The highest BCUT2D eigenvalue weighted by molar-refractivity contribution is 5.78. The maximum absolute atomic E-state index is 8.92. The van der Waals surface area contributed by atoms with Crippen molar-refractivity contribution in [2.24, 2.45) is 0 Å². The Balaban J connectivity index is 2.11. The second-order valence-corrected chi connectivity index (χ2v) is 3.99. The zero-order chi connectivity index (χ0) is 12.5. The van der Waals surface area contributed by atoms with Crippen LogP contribution < -0.4 is 5.73 Å². The third-order valence-electron chi connectivity index (χ3n) is 2.83. The SMILES string of the molecule is Nc1cc(-c2cnn3ccccc23)nn1CCO. The molecule has 0 spiro atoms. The summed E-state index contributed by atoms with van der Waals surface area (Å²) in [6.45, 7) is 0.408. The number of anilines is 1. The van der Waals surface area contributed by atoms with E-state index < -0.39 is 0 Å². The molecule has 0 bridgehead atoms. The van der Waals surface area contributed by atoms with Gasteiger partial charge in [-0.3, -0.25) is 0 Å². The van der Waals surface area contributed by atoms with E-state index in [4.69, 9.17) is 10.8 Å². The lowest BCUT2D eigenvalue weighted by molar-refractivity contribution is 0.270. The minimum Gasteiger partial charge on any atom is -0.394 e. The fourth-order valence-electron chi connectivity index (χ4n) is 1.97. The Morgan fingerprint density at radius 2 is 2.22 bits per heavy atom. The van der Waals surface area contributed by atoms with E-state index in [0.717, 1.165) is 16.8 Å². The van der Waals surface area contributed by atoms with Crippen LogP contribution in [-0.4, -0.2) is 31.1 Å². The molecule has 0 fully saturated rings. The third-order valence-corrected chi connectivity index (χ3v) is 2.83. The van der Waals surface area contributed by atoms with Crippen LogP contribution in [0.3, 0.4) is 0 Å². The van der Waals surface area contributed by atoms with E-state index in [-0.39, 0.29) is 6.61 Å². The third kappa shape index (κ3) is 1.63. The van der Waals surface area contributed by atoms with Gasteiger partial charge in [0.15, 0.2) is 0 Å². The molecule has 0 aliphatic carbocycles. The van der Waals surface area contributed by atoms with Gasteiger partial charge in [-0.25, -0.2) is 9.20 Å². The average molecular weight is 243 g/mol. The zero-order valence-electron chi connectivity index (χ0n) is 9.69. The van der Waals surface area contributed by atoms with Gasteiger partial charge in [-0.2, -0.15) is 10.2 Å². The number of fused-ring (bicyclic) bond motifs is 1. The van der Waals surface area contributed by atoms with Crippen LogP contribution in [0, 0.1) is 0 Å². The molecule has 0 unspecified atom stereocenters. The van der Waals surface area contributed by atoms with Gasteiger partial charge >= 0.3 is 0 Å². The molecule has 0 atom stereocenters. The molecule has 6 nitrogen and oxygen atoms in total. The first-order valence-corrected chi connectivity index (χ1v) is 5.66. The second-order valence-electron chi connectivity index (χ2n) is 3.99. The van der Waals surface area contributed by atoms with Gasteiger partial charge in [-0.15, -0.1) is 0 Å². The largest absolute Gasteiger partial charge is 0.394 e. The van der Waals surface area contributed by atoms with E-state index in [0.29, 0.717) is 12.4 Å². The van der Waals surface area contributed by atoms with Crippen molar-refractivity contribution >= 4 is 11.3 Å². The summed E-state index contributed by atoms with van der Waals surface area (Å²) < 4.78 is 3.37. The number of nitrogens with zero attached hydrogens (tertiary/aromatic N) is 4. The van der Waals surface area contributed by atoms with Crippen molar-refractivity contribution < 1.29 is 5.11 Å². The highest BCUT2D eigenvalue weighted by atomic mass is 16.3. The fourth-order valence-corrected chi connectivity index (χ4v) is 1.97. The number of nitrogen functional groups attached to an aromatic ring is 1. The van der Waals surface area contributed by atoms with Crippen molar-refractivity contribution in [2.75, 3.05) is 12.3 Å². The molecule has 0 aliphatic heterocycles. The molecule has 0 aromatic carbocycles. The van der Waals surface area contributed by atoms with Crippen molar-refractivity contribution in [1.29, 1.82) is 0 Å². The van der Waals surface area contributed by atoms with Crippen LogP contribution in [-0.2, 0) is 6.54 Å². The first kappa shape index (κ1) is 10.8. The number of aromatic nitrogens is 4. The normalized spacial score (nSPS) is 11.2. The number of hydrogen-bond donors (Lipinski definition) is 2. The van der Waals surface area contributed by atoms with Gasteiger partial charge in [0.2, 0.25) is 0 Å². The predicted molar refractivity (Wildman–Crippen MR) is 67.9 cm³/mol. The van der Waals surface area contributed by atoms with Crippen molar-refractivity contribution in [3.63, 3.8) is 0 Å². The molecule has 3 aromatic heterocycles. The van der Waals surface area contributed by atoms with Crippen LogP contribution >= 0.6 is 0 Å². The summed E-state index contributed by atoms with van der Waals surface area (Å²) in [5.74, 6) is 0.536. The standard InChI is InChI=1S/C12H13N5O/c13-12-7-10(15-17(12)5-6-18)9-8-14-16-4-2-1-3-11(9)16/h1-4,7-8,18H,5-6,13H2. The molecule has 0 saturated heterocycles. The number of hydrogen-bond acceptors (Lipinski definition) is 4. The maximum Gasteiger partial charge on any atom is 0.122 e. The van der Waals surface area contributed by atoms with Crippen molar-refractivity contribution in [3.05, 3.63) is 36.7 Å². The quantitative estimate of drug-likeness (QED) is 0.712. The summed E-state index contributed by atoms with van der Waals surface area (Å²) in [5, 5.41) is 17.6. The van der Waals surface area contributed by atoms with Crippen LogP contribution in [0.1, 0.15) is 0 Å². The average Bonchev–Trinajstić information content (AvgIpc) is 2.94. The molecule has 92 valence electrons. The van der Waals surface area contributed by atoms with Crippen LogP contribution in [0.2, 0.25) is 0 Å². The molecule has 0 aliphatic rings. The second kappa shape index (κ2) is 4.15. The highest BCUT2D eigenvalue weighted by Crippen LogP contribution is 2.24.